The maximum atomic E-state index is 12.4. The highest BCUT2D eigenvalue weighted by Gasteiger charge is 2.22. The van der Waals surface area contributed by atoms with Gasteiger partial charge in [0.2, 0.25) is 0 Å². The van der Waals surface area contributed by atoms with Crippen molar-refractivity contribution >= 4 is 5.97 Å². The van der Waals surface area contributed by atoms with Crippen LogP contribution >= 0.6 is 0 Å². The Bertz CT molecular complexity index is 1850. The zero-order chi connectivity index (χ0) is 34.9. The normalized spacial score (nSPS) is 12.1. The number of aromatic carboxylic acids is 1. The minimum Gasteiger partial charge on any atom is -0.478 e. The second kappa shape index (κ2) is 12.9. The fourth-order valence-corrected chi connectivity index (χ4v) is 5.16. The van der Waals surface area contributed by atoms with Crippen LogP contribution in [0.25, 0.3) is 11.1 Å². The molecule has 2 heteroatoms. The molecule has 2 nitrogen and oxygen atoms in total. The van der Waals surface area contributed by atoms with Crippen molar-refractivity contribution in [2.45, 2.75) is 105 Å². The lowest BCUT2D eigenvalue weighted by atomic mass is 9.79. The topological polar surface area (TPSA) is 37.3 Å². The van der Waals surface area contributed by atoms with Crippen LogP contribution in [0.3, 0.4) is 0 Å². The first-order valence-corrected chi connectivity index (χ1v) is 16.5. The summed E-state index contributed by atoms with van der Waals surface area (Å²) in [7, 11) is 0. The molecule has 0 fully saturated rings. The van der Waals surface area contributed by atoms with Gasteiger partial charge in [-0.15, -0.1) is 0 Å². The van der Waals surface area contributed by atoms with E-state index in [1.807, 2.05) is 36.4 Å². The smallest absolute Gasteiger partial charge is 0.336 e. The van der Waals surface area contributed by atoms with Gasteiger partial charge in [-0.25, -0.2) is 4.79 Å². The van der Waals surface area contributed by atoms with Crippen LogP contribution < -0.4 is 0 Å². The Morgan fingerprint density at radius 1 is 0.447 bits per heavy atom. The van der Waals surface area contributed by atoms with Crippen molar-refractivity contribution in [2.75, 3.05) is 0 Å². The average Bonchev–Trinajstić information content (AvgIpc) is 2.97. The number of carbonyl (C=O) groups is 1. The summed E-state index contributed by atoms with van der Waals surface area (Å²) in [5.74, 6) is 12.0. The Kier molecular flexibility index (Phi) is 9.72. The molecule has 0 aromatic heterocycles. The molecule has 0 saturated heterocycles. The van der Waals surface area contributed by atoms with E-state index in [1.165, 1.54) is 22.3 Å². The lowest BCUT2D eigenvalue weighted by Gasteiger charge is -2.26. The highest BCUT2D eigenvalue weighted by Crippen LogP contribution is 2.35. The molecule has 0 heterocycles. The summed E-state index contributed by atoms with van der Waals surface area (Å²) in [5, 5.41) is 10.1. The number of rotatable bonds is 2. The van der Waals surface area contributed by atoms with Gasteiger partial charge in [-0.05, 0) is 104 Å². The van der Waals surface area contributed by atoms with Crippen LogP contribution in [0.5, 0.6) is 0 Å². The molecule has 0 atom stereocenters. The van der Waals surface area contributed by atoms with Crippen molar-refractivity contribution in [3.8, 4) is 34.8 Å². The molecule has 0 radical (unpaired) electrons. The fraction of sp³-hybridized carbons (Fsp3) is 0.356. The van der Waals surface area contributed by atoms with E-state index in [1.54, 1.807) is 6.07 Å². The molecule has 1 N–H and O–H groups in total. The summed E-state index contributed by atoms with van der Waals surface area (Å²) < 4.78 is 0. The Balaban J connectivity index is 1.64. The highest BCUT2D eigenvalue weighted by molar-refractivity contribution is 5.92. The Morgan fingerprint density at radius 3 is 1.23 bits per heavy atom. The SMILES string of the molecule is CC(C)(C)c1cc(C#Cc2ccc(C#Cc3ccc(-c4cc(C(C)(C)C)cc(C(C)(C)C)c4)cc3C(=O)O)cc2)cc(C(C)(C)C)c1. The van der Waals surface area contributed by atoms with Gasteiger partial charge in [-0.1, -0.05) is 137 Å². The van der Waals surface area contributed by atoms with E-state index in [-0.39, 0.29) is 27.2 Å². The van der Waals surface area contributed by atoms with Gasteiger partial charge in [0.1, 0.15) is 0 Å². The van der Waals surface area contributed by atoms with Crippen molar-refractivity contribution in [1.29, 1.82) is 0 Å². The van der Waals surface area contributed by atoms with Crippen LogP contribution in [0, 0.1) is 23.7 Å². The fourth-order valence-electron chi connectivity index (χ4n) is 5.16. The number of carboxylic acids is 1. The third-order valence-electron chi connectivity index (χ3n) is 8.49. The van der Waals surface area contributed by atoms with Crippen molar-refractivity contribution in [2.24, 2.45) is 0 Å². The van der Waals surface area contributed by atoms with Gasteiger partial charge in [0.05, 0.1) is 5.56 Å². The van der Waals surface area contributed by atoms with Crippen LogP contribution in [0.2, 0.25) is 0 Å². The molecule has 0 bridgehead atoms. The first kappa shape index (κ1) is 35.3. The predicted molar refractivity (Wildman–Crippen MR) is 198 cm³/mol. The molecule has 0 unspecified atom stereocenters. The summed E-state index contributed by atoms with van der Waals surface area (Å²) in [5.41, 5.74) is 10.3. The quantitative estimate of drug-likeness (QED) is 0.226. The average molecular weight is 623 g/mol. The largest absolute Gasteiger partial charge is 0.478 e. The molecular weight excluding hydrogens is 572 g/mol. The number of hydrogen-bond donors (Lipinski definition) is 1. The number of carboxylic acid groups (broad SMARTS) is 1. The minimum atomic E-state index is -0.991. The monoisotopic (exact) mass is 622 g/mol. The molecule has 0 saturated carbocycles. The lowest BCUT2D eigenvalue weighted by molar-refractivity contribution is 0.0696. The molecule has 4 aromatic carbocycles. The minimum absolute atomic E-state index is 0.0337. The maximum Gasteiger partial charge on any atom is 0.336 e. The Labute approximate surface area is 283 Å². The zero-order valence-electron chi connectivity index (χ0n) is 30.4. The van der Waals surface area contributed by atoms with E-state index in [4.69, 9.17) is 0 Å². The number of hydrogen-bond acceptors (Lipinski definition) is 1. The molecule has 0 spiro atoms. The van der Waals surface area contributed by atoms with Crippen LogP contribution in [-0.2, 0) is 21.7 Å². The Morgan fingerprint density at radius 2 is 0.830 bits per heavy atom. The van der Waals surface area contributed by atoms with E-state index in [0.29, 0.717) is 5.56 Å². The standard InChI is InChI=1S/C45H50O2/c1-42(2,3)36-23-32(24-37(28-36)43(4,5)6)18-17-30-13-15-31(16-14-30)19-20-33-21-22-34(27-40(33)41(46)47)35-25-38(44(7,8)9)29-39(26-35)45(10,11)12/h13-16,21-29H,1-12H3,(H,46,47). The molecule has 242 valence electrons. The molecule has 4 rings (SSSR count). The summed E-state index contributed by atoms with van der Waals surface area (Å²) in [6, 6.07) is 26.7. The van der Waals surface area contributed by atoms with Gasteiger partial charge in [-0.2, -0.15) is 0 Å². The summed E-state index contributed by atoms with van der Waals surface area (Å²) in [6.45, 7) is 26.6. The third kappa shape index (κ3) is 9.05. The van der Waals surface area contributed by atoms with Crippen molar-refractivity contribution < 1.29 is 9.90 Å². The van der Waals surface area contributed by atoms with E-state index in [9.17, 15) is 9.90 Å². The molecule has 0 aliphatic rings. The first-order valence-electron chi connectivity index (χ1n) is 16.5. The lowest BCUT2D eigenvalue weighted by Crippen LogP contribution is -2.16. The van der Waals surface area contributed by atoms with Crippen molar-refractivity contribution in [3.05, 3.63) is 129 Å². The molecule has 4 aromatic rings. The van der Waals surface area contributed by atoms with Gasteiger partial charge in [0.25, 0.3) is 0 Å². The van der Waals surface area contributed by atoms with Crippen LogP contribution in [0.15, 0.2) is 78.9 Å². The molecular formula is C45H50O2. The summed E-state index contributed by atoms with van der Waals surface area (Å²) in [6.07, 6.45) is 0. The zero-order valence-corrected chi connectivity index (χ0v) is 30.4. The van der Waals surface area contributed by atoms with Crippen molar-refractivity contribution in [3.63, 3.8) is 0 Å². The highest BCUT2D eigenvalue weighted by atomic mass is 16.4. The second-order valence-corrected chi connectivity index (χ2v) is 16.7. The predicted octanol–water partition coefficient (Wildman–Crippen LogP) is 11.0. The summed E-state index contributed by atoms with van der Waals surface area (Å²) in [4.78, 5) is 12.4. The van der Waals surface area contributed by atoms with Gasteiger partial charge in [0, 0.05) is 22.3 Å². The summed E-state index contributed by atoms with van der Waals surface area (Å²) >= 11 is 0. The van der Waals surface area contributed by atoms with E-state index < -0.39 is 5.97 Å². The number of benzene rings is 4. The van der Waals surface area contributed by atoms with E-state index in [2.05, 4.69) is 143 Å². The van der Waals surface area contributed by atoms with Gasteiger partial charge < -0.3 is 5.11 Å². The molecule has 0 aliphatic carbocycles. The van der Waals surface area contributed by atoms with Crippen LogP contribution in [0.4, 0.5) is 0 Å². The van der Waals surface area contributed by atoms with Gasteiger partial charge in [-0.3, -0.25) is 0 Å². The van der Waals surface area contributed by atoms with Gasteiger partial charge >= 0.3 is 5.97 Å². The second-order valence-electron chi connectivity index (χ2n) is 16.7. The van der Waals surface area contributed by atoms with Crippen LogP contribution in [0.1, 0.15) is 138 Å². The van der Waals surface area contributed by atoms with E-state index in [0.717, 1.165) is 27.8 Å². The third-order valence-corrected chi connectivity index (χ3v) is 8.49. The Hall–Kier alpha value is -4.53. The van der Waals surface area contributed by atoms with E-state index >= 15 is 0 Å². The molecule has 47 heavy (non-hydrogen) atoms. The van der Waals surface area contributed by atoms with Crippen LogP contribution in [-0.4, -0.2) is 11.1 Å². The molecule has 0 aliphatic heterocycles. The maximum absolute atomic E-state index is 12.4. The molecule has 0 amide bonds. The first-order chi connectivity index (χ1) is 21.6. The van der Waals surface area contributed by atoms with Crippen molar-refractivity contribution in [1.82, 2.24) is 0 Å². The van der Waals surface area contributed by atoms with Gasteiger partial charge in [0.15, 0.2) is 0 Å².